The van der Waals surface area contributed by atoms with Crippen LogP contribution < -0.4 is 0 Å². The molecule has 3 rings (SSSR count). The van der Waals surface area contributed by atoms with Crippen molar-refractivity contribution in [3.8, 4) is 0 Å². The normalized spacial score (nSPS) is 13.9. The number of benzene rings is 2. The number of allylic oxidation sites excluding steroid dienone is 1. The second-order valence-electron chi connectivity index (χ2n) is 5.43. The molecule has 1 aliphatic carbocycles. The molecule has 0 unspecified atom stereocenters. The first-order valence-corrected chi connectivity index (χ1v) is 7.15. The van der Waals surface area contributed by atoms with Gasteiger partial charge in [0, 0.05) is 0 Å². The zero-order chi connectivity index (χ0) is 13.2. The molecule has 96 valence electrons. The summed E-state index contributed by atoms with van der Waals surface area (Å²) in [5, 5.41) is 0. The van der Waals surface area contributed by atoms with Crippen LogP contribution in [-0.4, -0.2) is 0 Å². The van der Waals surface area contributed by atoms with Crippen LogP contribution in [0.4, 0.5) is 0 Å². The fourth-order valence-corrected chi connectivity index (χ4v) is 2.83. The van der Waals surface area contributed by atoms with E-state index in [1.807, 2.05) is 0 Å². The summed E-state index contributed by atoms with van der Waals surface area (Å²) in [6.07, 6.45) is 5.81. The Balaban J connectivity index is 2.03. The number of hydrogen-bond donors (Lipinski definition) is 0. The molecule has 0 heteroatoms. The van der Waals surface area contributed by atoms with E-state index in [9.17, 15) is 0 Å². The van der Waals surface area contributed by atoms with Gasteiger partial charge in [0.15, 0.2) is 0 Å². The molecule has 0 saturated carbocycles. The average molecular weight is 248 g/mol. The Hall–Kier alpha value is -1.82. The minimum absolute atomic E-state index is 1.11. The fraction of sp³-hybridized carbons (Fsp3) is 0.263. The number of hydrogen-bond acceptors (Lipinski definition) is 0. The second-order valence-corrected chi connectivity index (χ2v) is 5.43. The molecule has 2 aromatic rings. The molecule has 0 aromatic heterocycles. The Morgan fingerprint density at radius 3 is 2.68 bits per heavy atom. The third kappa shape index (κ3) is 2.49. The van der Waals surface area contributed by atoms with Crippen LogP contribution in [0.15, 0.2) is 42.5 Å². The molecule has 0 nitrogen and oxygen atoms in total. The molecule has 0 aliphatic heterocycles. The zero-order valence-electron chi connectivity index (χ0n) is 11.7. The van der Waals surface area contributed by atoms with Gasteiger partial charge in [-0.25, -0.2) is 0 Å². The summed E-state index contributed by atoms with van der Waals surface area (Å²) in [7, 11) is 0. The lowest BCUT2D eigenvalue weighted by molar-refractivity contribution is 0.993. The van der Waals surface area contributed by atoms with E-state index >= 15 is 0 Å². The molecule has 2 aromatic carbocycles. The van der Waals surface area contributed by atoms with Gasteiger partial charge in [-0.05, 0) is 54.0 Å². The molecular formula is C19H20. The van der Waals surface area contributed by atoms with Crippen LogP contribution in [0, 0.1) is 6.92 Å². The maximum Gasteiger partial charge on any atom is -0.0219 e. The maximum atomic E-state index is 2.38. The fourth-order valence-electron chi connectivity index (χ4n) is 2.83. The third-order valence-corrected chi connectivity index (χ3v) is 4.00. The Labute approximate surface area is 115 Å². The highest BCUT2D eigenvalue weighted by Crippen LogP contribution is 2.31. The monoisotopic (exact) mass is 248 g/mol. The van der Waals surface area contributed by atoms with Gasteiger partial charge in [0.05, 0.1) is 0 Å². The van der Waals surface area contributed by atoms with E-state index in [0.29, 0.717) is 0 Å². The minimum Gasteiger partial charge on any atom is -0.0614 e. The van der Waals surface area contributed by atoms with Crippen LogP contribution in [0.5, 0.6) is 0 Å². The van der Waals surface area contributed by atoms with Crippen molar-refractivity contribution in [2.75, 3.05) is 0 Å². The number of fused-ring (bicyclic) bond motifs is 1. The predicted molar refractivity (Wildman–Crippen MR) is 83.2 cm³/mol. The summed E-state index contributed by atoms with van der Waals surface area (Å²) in [6.45, 7) is 4.38. The van der Waals surface area contributed by atoms with Gasteiger partial charge in [-0.3, -0.25) is 0 Å². The highest BCUT2D eigenvalue weighted by atomic mass is 14.2. The largest absolute Gasteiger partial charge is 0.0614 e. The van der Waals surface area contributed by atoms with Gasteiger partial charge in [0.2, 0.25) is 0 Å². The van der Waals surface area contributed by atoms with Crippen molar-refractivity contribution in [1.82, 2.24) is 0 Å². The lowest BCUT2D eigenvalue weighted by Gasteiger charge is -2.18. The summed E-state index contributed by atoms with van der Waals surface area (Å²) in [4.78, 5) is 0. The molecule has 0 fully saturated rings. The summed E-state index contributed by atoms with van der Waals surface area (Å²) in [5.74, 6) is 0. The molecule has 0 heterocycles. The van der Waals surface area contributed by atoms with Crippen LogP contribution >= 0.6 is 0 Å². The van der Waals surface area contributed by atoms with Gasteiger partial charge >= 0.3 is 0 Å². The standard InChI is InChI=1S/C19H20/c1-3-15-7-8-16-9-10-18(13-19(16)12-15)17-6-4-5-14(2)11-17/h4-8,11-13H,3,9-10H2,1-2H3. The average Bonchev–Trinajstić information content (AvgIpc) is 2.46. The Bertz CT molecular complexity index is 632. The quantitative estimate of drug-likeness (QED) is 0.698. The van der Waals surface area contributed by atoms with Crippen LogP contribution in [0.25, 0.3) is 11.6 Å². The van der Waals surface area contributed by atoms with E-state index in [1.165, 1.54) is 39.8 Å². The van der Waals surface area contributed by atoms with Crippen molar-refractivity contribution >= 4 is 11.6 Å². The van der Waals surface area contributed by atoms with Crippen molar-refractivity contribution in [2.45, 2.75) is 33.1 Å². The predicted octanol–water partition coefficient (Wildman–Crippen LogP) is 5.04. The van der Waals surface area contributed by atoms with Crippen molar-refractivity contribution in [1.29, 1.82) is 0 Å². The highest BCUT2D eigenvalue weighted by Gasteiger charge is 2.12. The summed E-state index contributed by atoms with van der Waals surface area (Å²) in [5.41, 5.74) is 8.54. The van der Waals surface area contributed by atoms with E-state index in [4.69, 9.17) is 0 Å². The maximum absolute atomic E-state index is 2.38. The first-order chi connectivity index (χ1) is 9.26. The van der Waals surface area contributed by atoms with Crippen molar-refractivity contribution in [3.63, 3.8) is 0 Å². The topological polar surface area (TPSA) is 0 Å². The summed E-state index contributed by atoms with van der Waals surface area (Å²) < 4.78 is 0. The molecule has 0 saturated heterocycles. The Kier molecular flexibility index (Phi) is 3.25. The first kappa shape index (κ1) is 12.2. The van der Waals surface area contributed by atoms with Crippen LogP contribution in [0.1, 0.15) is 41.2 Å². The number of rotatable bonds is 2. The molecule has 0 spiro atoms. The van der Waals surface area contributed by atoms with E-state index in [2.05, 4.69) is 62.4 Å². The van der Waals surface area contributed by atoms with E-state index in [-0.39, 0.29) is 0 Å². The molecule has 0 atom stereocenters. The second kappa shape index (κ2) is 5.05. The summed E-state index contributed by atoms with van der Waals surface area (Å²) in [6, 6.07) is 15.8. The Morgan fingerprint density at radius 1 is 1.00 bits per heavy atom. The SMILES string of the molecule is CCc1ccc2c(c1)C=C(c1cccc(C)c1)CC2. The zero-order valence-corrected chi connectivity index (χ0v) is 11.7. The number of aryl methyl sites for hydroxylation is 3. The molecule has 0 N–H and O–H groups in total. The minimum atomic E-state index is 1.11. The molecular weight excluding hydrogens is 228 g/mol. The summed E-state index contributed by atoms with van der Waals surface area (Å²) >= 11 is 0. The van der Waals surface area contributed by atoms with Crippen LogP contribution in [0.3, 0.4) is 0 Å². The molecule has 0 bridgehead atoms. The van der Waals surface area contributed by atoms with Crippen molar-refractivity contribution in [3.05, 3.63) is 70.3 Å². The highest BCUT2D eigenvalue weighted by molar-refractivity contribution is 5.84. The van der Waals surface area contributed by atoms with E-state index in [0.717, 1.165) is 12.8 Å². The van der Waals surface area contributed by atoms with Crippen LogP contribution in [0.2, 0.25) is 0 Å². The first-order valence-electron chi connectivity index (χ1n) is 7.15. The molecule has 19 heavy (non-hydrogen) atoms. The van der Waals surface area contributed by atoms with Crippen LogP contribution in [-0.2, 0) is 12.8 Å². The van der Waals surface area contributed by atoms with Gasteiger partial charge in [-0.15, -0.1) is 0 Å². The van der Waals surface area contributed by atoms with Gasteiger partial charge in [-0.2, -0.15) is 0 Å². The van der Waals surface area contributed by atoms with Crippen molar-refractivity contribution < 1.29 is 0 Å². The van der Waals surface area contributed by atoms with E-state index in [1.54, 1.807) is 0 Å². The molecule has 0 radical (unpaired) electrons. The molecule has 1 aliphatic rings. The van der Waals surface area contributed by atoms with Gasteiger partial charge in [-0.1, -0.05) is 61.0 Å². The van der Waals surface area contributed by atoms with Gasteiger partial charge in [0.25, 0.3) is 0 Å². The lowest BCUT2D eigenvalue weighted by atomic mass is 9.87. The third-order valence-electron chi connectivity index (χ3n) is 4.00. The smallest absolute Gasteiger partial charge is 0.0219 e. The Morgan fingerprint density at radius 2 is 1.89 bits per heavy atom. The van der Waals surface area contributed by atoms with E-state index < -0.39 is 0 Å². The van der Waals surface area contributed by atoms with Gasteiger partial charge < -0.3 is 0 Å². The molecule has 0 amide bonds. The lowest BCUT2D eigenvalue weighted by Crippen LogP contribution is -2.00. The van der Waals surface area contributed by atoms with Crippen molar-refractivity contribution in [2.24, 2.45) is 0 Å². The van der Waals surface area contributed by atoms with Gasteiger partial charge in [0.1, 0.15) is 0 Å².